The number of rotatable bonds is 4. The number of carbonyl (C=O) groups is 2. The molecule has 1 aromatic carbocycles. The van der Waals surface area contributed by atoms with Crippen LogP contribution in [0.25, 0.3) is 0 Å². The Hall–Kier alpha value is -2.15. The Morgan fingerprint density at radius 3 is 2.39 bits per heavy atom. The molecule has 3 N–H and O–H groups in total. The van der Waals surface area contributed by atoms with E-state index >= 15 is 0 Å². The maximum Gasteiger partial charge on any atom is 0.257 e. The van der Waals surface area contributed by atoms with Gasteiger partial charge in [-0.25, -0.2) is 0 Å². The van der Waals surface area contributed by atoms with Crippen LogP contribution in [0.5, 0.6) is 0 Å². The van der Waals surface area contributed by atoms with E-state index in [1.807, 2.05) is 6.07 Å². The Morgan fingerprint density at radius 1 is 1.13 bits per heavy atom. The van der Waals surface area contributed by atoms with Crippen LogP contribution in [-0.2, 0) is 0 Å². The van der Waals surface area contributed by atoms with Crippen LogP contribution in [0.15, 0.2) is 30.3 Å². The number of carboxylic acid groups (broad SMARTS) is 1. The fourth-order valence-electron chi connectivity index (χ4n) is 2.72. The zero-order valence-corrected chi connectivity index (χ0v) is 13.5. The van der Waals surface area contributed by atoms with Gasteiger partial charge < -0.3 is 20.5 Å². The first-order valence-electron chi connectivity index (χ1n) is 7.66. The van der Waals surface area contributed by atoms with E-state index in [4.69, 9.17) is 12.2 Å². The van der Waals surface area contributed by atoms with Crippen molar-refractivity contribution in [3.63, 3.8) is 0 Å². The summed E-state index contributed by atoms with van der Waals surface area (Å²) in [5, 5.41) is 18.9. The van der Waals surface area contributed by atoms with E-state index in [-0.39, 0.29) is 11.9 Å². The number of hydrogen-bond donors (Lipinski definition) is 3. The highest BCUT2D eigenvalue weighted by Gasteiger charge is 2.21. The summed E-state index contributed by atoms with van der Waals surface area (Å²) in [4.78, 5) is 22.4. The molecule has 0 aromatic heterocycles. The summed E-state index contributed by atoms with van der Waals surface area (Å²) < 4.78 is 0. The summed E-state index contributed by atoms with van der Waals surface area (Å²) in [5.41, 5.74) is 0.561. The van der Waals surface area contributed by atoms with Gasteiger partial charge in [-0.1, -0.05) is 18.2 Å². The van der Waals surface area contributed by atoms with Crippen LogP contribution in [0.1, 0.15) is 36.0 Å². The van der Waals surface area contributed by atoms with Gasteiger partial charge in [0, 0.05) is 18.2 Å². The number of benzene rings is 1. The van der Waals surface area contributed by atoms with Crippen LogP contribution in [0.2, 0.25) is 0 Å². The molecular formula is C16H20N3O3S-. The fraction of sp³-hybridized carbons (Fsp3) is 0.438. The topological polar surface area (TPSA) is 93.3 Å². The quantitative estimate of drug-likeness (QED) is 0.708. The van der Waals surface area contributed by atoms with Crippen molar-refractivity contribution in [1.29, 1.82) is 0 Å². The Balaban J connectivity index is 1.67. The van der Waals surface area contributed by atoms with E-state index in [0.717, 1.165) is 25.7 Å². The van der Waals surface area contributed by atoms with Gasteiger partial charge in [-0.3, -0.25) is 10.1 Å². The minimum atomic E-state index is -1.21. The molecule has 0 unspecified atom stereocenters. The number of amides is 2. The predicted octanol–water partition coefficient (Wildman–Crippen LogP) is 0.783. The number of nitrogens with one attached hydrogen (secondary N) is 3. The highest BCUT2D eigenvalue weighted by Crippen LogP contribution is 2.23. The third kappa shape index (κ3) is 5.86. The first kappa shape index (κ1) is 17.2. The van der Waals surface area contributed by atoms with Crippen LogP contribution in [0.4, 0.5) is 4.79 Å². The molecule has 1 aromatic rings. The molecule has 0 atom stereocenters. The molecule has 124 valence electrons. The Kier molecular flexibility index (Phi) is 6.34. The fourth-order valence-corrected chi connectivity index (χ4v) is 2.90. The van der Waals surface area contributed by atoms with Crippen LogP contribution < -0.4 is 21.1 Å². The highest BCUT2D eigenvalue weighted by molar-refractivity contribution is 7.80. The molecule has 1 fully saturated rings. The summed E-state index contributed by atoms with van der Waals surface area (Å²) in [6.07, 6.45) is 2.20. The van der Waals surface area contributed by atoms with Gasteiger partial charge in [-0.15, -0.1) is 0 Å². The molecule has 6 nitrogen and oxygen atoms in total. The summed E-state index contributed by atoms with van der Waals surface area (Å²) in [7, 11) is 0. The molecule has 1 aliphatic carbocycles. The molecule has 0 heterocycles. The lowest BCUT2D eigenvalue weighted by molar-refractivity contribution is -0.251. The van der Waals surface area contributed by atoms with Crippen molar-refractivity contribution in [2.75, 3.05) is 6.54 Å². The molecular weight excluding hydrogens is 314 g/mol. The average molecular weight is 334 g/mol. The standard InChI is InChI=1S/C16H21N3O3S/c20-14(12-4-2-1-3-5-12)19-15(23)17-10-11-6-8-13(9-7-11)18-16(21)22/h1-5,11,13,18H,6-10H2,(H,21,22)(H2,17,19,20,23)/p-1. The third-order valence-corrected chi connectivity index (χ3v) is 4.23. The Morgan fingerprint density at radius 2 is 1.78 bits per heavy atom. The van der Waals surface area contributed by atoms with Crippen molar-refractivity contribution in [3.8, 4) is 0 Å². The molecule has 2 amide bonds. The van der Waals surface area contributed by atoms with Crippen molar-refractivity contribution >= 4 is 29.3 Å². The normalized spacial score (nSPS) is 20.3. The first-order valence-corrected chi connectivity index (χ1v) is 8.07. The second kappa shape index (κ2) is 8.47. The molecule has 0 saturated heterocycles. The summed E-state index contributed by atoms with van der Waals surface area (Å²) in [6.45, 7) is 0.673. The second-order valence-corrected chi connectivity index (χ2v) is 6.09. The molecule has 1 saturated carbocycles. The number of hydrogen-bond acceptors (Lipinski definition) is 4. The van der Waals surface area contributed by atoms with Crippen LogP contribution in [-0.4, -0.2) is 29.7 Å². The highest BCUT2D eigenvalue weighted by atomic mass is 32.1. The maximum atomic E-state index is 11.9. The van der Waals surface area contributed by atoms with Crippen molar-refractivity contribution in [1.82, 2.24) is 16.0 Å². The zero-order chi connectivity index (χ0) is 16.7. The monoisotopic (exact) mass is 334 g/mol. The van der Waals surface area contributed by atoms with E-state index in [1.165, 1.54) is 0 Å². The van der Waals surface area contributed by atoms with E-state index in [1.54, 1.807) is 24.3 Å². The molecule has 0 aliphatic heterocycles. The minimum absolute atomic E-state index is 0.0130. The van der Waals surface area contributed by atoms with Gasteiger partial charge in [-0.2, -0.15) is 0 Å². The largest absolute Gasteiger partial charge is 0.530 e. The van der Waals surface area contributed by atoms with Crippen molar-refractivity contribution < 1.29 is 14.7 Å². The Labute approximate surface area is 140 Å². The second-order valence-electron chi connectivity index (χ2n) is 5.68. The maximum absolute atomic E-state index is 11.9. The smallest absolute Gasteiger partial charge is 0.257 e. The summed E-state index contributed by atoms with van der Waals surface area (Å²) >= 11 is 5.14. The van der Waals surface area contributed by atoms with Gasteiger partial charge in [0.25, 0.3) is 5.91 Å². The molecule has 2 rings (SSSR count). The molecule has 0 radical (unpaired) electrons. The molecule has 1 aliphatic rings. The lowest BCUT2D eigenvalue weighted by atomic mass is 9.86. The van der Waals surface area contributed by atoms with Crippen molar-refractivity contribution in [2.24, 2.45) is 5.92 Å². The minimum Gasteiger partial charge on any atom is -0.530 e. The van der Waals surface area contributed by atoms with Crippen LogP contribution in [0, 0.1) is 5.92 Å². The van der Waals surface area contributed by atoms with Crippen molar-refractivity contribution in [3.05, 3.63) is 35.9 Å². The van der Waals surface area contributed by atoms with E-state index in [9.17, 15) is 14.7 Å². The van der Waals surface area contributed by atoms with E-state index in [2.05, 4.69) is 16.0 Å². The molecule has 7 heteroatoms. The molecule has 0 spiro atoms. The van der Waals surface area contributed by atoms with E-state index < -0.39 is 6.09 Å². The molecule has 23 heavy (non-hydrogen) atoms. The van der Waals surface area contributed by atoms with Gasteiger partial charge in [-0.05, 0) is 56.0 Å². The van der Waals surface area contributed by atoms with Crippen molar-refractivity contribution in [2.45, 2.75) is 31.7 Å². The average Bonchev–Trinajstić information content (AvgIpc) is 2.54. The third-order valence-electron chi connectivity index (χ3n) is 3.98. The zero-order valence-electron chi connectivity index (χ0n) is 12.7. The van der Waals surface area contributed by atoms with Gasteiger partial charge in [0.1, 0.15) is 6.09 Å². The Bertz CT molecular complexity index is 557. The van der Waals surface area contributed by atoms with Crippen LogP contribution >= 0.6 is 12.2 Å². The SMILES string of the molecule is O=C([O-])NC1CCC(CNC(=S)NC(=O)c2ccccc2)CC1. The van der Waals surface area contributed by atoms with Crippen LogP contribution in [0.3, 0.4) is 0 Å². The van der Waals surface area contributed by atoms with E-state index in [0.29, 0.717) is 23.1 Å². The number of thiocarbonyl (C=S) groups is 1. The first-order chi connectivity index (χ1) is 11.0. The number of carbonyl (C=O) groups excluding carboxylic acids is 2. The predicted molar refractivity (Wildman–Crippen MR) is 88.8 cm³/mol. The summed E-state index contributed by atoms with van der Waals surface area (Å²) in [6, 6.07) is 8.88. The lowest BCUT2D eigenvalue weighted by Gasteiger charge is -2.30. The lowest BCUT2D eigenvalue weighted by Crippen LogP contribution is -2.46. The molecule has 0 bridgehead atoms. The van der Waals surface area contributed by atoms with Gasteiger partial charge in [0.15, 0.2) is 5.11 Å². The van der Waals surface area contributed by atoms with Gasteiger partial charge in [0.2, 0.25) is 0 Å². The summed E-state index contributed by atoms with van der Waals surface area (Å²) in [5.74, 6) is 0.186. The van der Waals surface area contributed by atoms with Gasteiger partial charge in [0.05, 0.1) is 0 Å². The van der Waals surface area contributed by atoms with Gasteiger partial charge >= 0.3 is 0 Å².